The van der Waals surface area contributed by atoms with E-state index in [4.69, 9.17) is 0 Å². The van der Waals surface area contributed by atoms with Gasteiger partial charge in [0.15, 0.2) is 0 Å². The zero-order valence-corrected chi connectivity index (χ0v) is 11.0. The van der Waals surface area contributed by atoms with E-state index in [-0.39, 0.29) is 6.04 Å². The third-order valence-corrected chi connectivity index (χ3v) is 3.33. The predicted molar refractivity (Wildman–Crippen MR) is 72.4 cm³/mol. The molecule has 1 N–H and O–H groups in total. The predicted octanol–water partition coefficient (Wildman–Crippen LogP) is 3.66. The number of hydrogen-bond donors (Lipinski definition) is 1. The molecule has 0 radical (unpaired) electrons. The molecule has 17 heavy (non-hydrogen) atoms. The zero-order valence-electron chi connectivity index (χ0n) is 10.2. The van der Waals surface area contributed by atoms with E-state index in [1.807, 2.05) is 0 Å². The molecule has 1 atom stereocenters. The maximum absolute atomic E-state index is 3.84. The quantitative estimate of drug-likeness (QED) is 0.876. The van der Waals surface area contributed by atoms with Crippen LogP contribution < -0.4 is 5.32 Å². The molecule has 0 saturated heterocycles. The smallest absolute Gasteiger partial charge is 0.130 e. The van der Waals surface area contributed by atoms with Crippen LogP contribution in [0.15, 0.2) is 30.5 Å². The molecule has 0 fully saturated rings. The first-order chi connectivity index (χ1) is 8.29. The van der Waals surface area contributed by atoms with Crippen molar-refractivity contribution < 1.29 is 0 Å². The Morgan fingerprint density at radius 1 is 1.29 bits per heavy atom. The van der Waals surface area contributed by atoms with Crippen LogP contribution in [0.2, 0.25) is 0 Å². The van der Waals surface area contributed by atoms with Gasteiger partial charge in [-0.25, -0.2) is 0 Å². The van der Waals surface area contributed by atoms with Gasteiger partial charge in [-0.3, -0.25) is 0 Å². The van der Waals surface area contributed by atoms with Crippen molar-refractivity contribution in [2.24, 2.45) is 0 Å². The van der Waals surface area contributed by atoms with Gasteiger partial charge in [0.1, 0.15) is 5.00 Å². The monoisotopic (exact) mass is 247 g/mol. The molecule has 0 aliphatic heterocycles. The van der Waals surface area contributed by atoms with Gasteiger partial charge in [-0.2, -0.15) is 0 Å². The Balaban J connectivity index is 2.01. The van der Waals surface area contributed by atoms with Crippen LogP contribution in [0.5, 0.6) is 0 Å². The lowest BCUT2D eigenvalue weighted by molar-refractivity contribution is 0.879. The summed E-state index contributed by atoms with van der Waals surface area (Å²) in [5.41, 5.74) is 2.70. The molecule has 4 heteroatoms. The minimum absolute atomic E-state index is 0.285. The summed E-state index contributed by atoms with van der Waals surface area (Å²) >= 11 is 1.38. The molecule has 2 rings (SSSR count). The molecular formula is C13H17N3S. The highest BCUT2D eigenvalue weighted by Gasteiger charge is 2.06. The van der Waals surface area contributed by atoms with Crippen molar-refractivity contribution in [1.29, 1.82) is 0 Å². The number of hydrogen-bond acceptors (Lipinski definition) is 4. The summed E-state index contributed by atoms with van der Waals surface area (Å²) in [5, 5.41) is 8.21. The van der Waals surface area contributed by atoms with E-state index in [2.05, 4.69) is 53.0 Å². The van der Waals surface area contributed by atoms with Crippen LogP contribution in [-0.4, -0.2) is 9.59 Å². The fourth-order valence-electron chi connectivity index (χ4n) is 1.79. The molecule has 2 aromatic rings. The number of rotatable bonds is 5. The van der Waals surface area contributed by atoms with Crippen molar-refractivity contribution >= 4 is 16.5 Å². The summed E-state index contributed by atoms with van der Waals surface area (Å²) in [6.45, 7) is 4.35. The summed E-state index contributed by atoms with van der Waals surface area (Å²) in [6.07, 6.45) is 4.10. The van der Waals surface area contributed by atoms with Crippen molar-refractivity contribution in [3.63, 3.8) is 0 Å². The summed E-state index contributed by atoms with van der Waals surface area (Å²) in [4.78, 5) is 0. The van der Waals surface area contributed by atoms with Gasteiger partial charge in [-0.1, -0.05) is 42.1 Å². The fourth-order valence-corrected chi connectivity index (χ4v) is 2.30. The minimum Gasteiger partial charge on any atom is -0.368 e. The van der Waals surface area contributed by atoms with Crippen molar-refractivity contribution in [2.75, 3.05) is 5.32 Å². The van der Waals surface area contributed by atoms with Gasteiger partial charge in [0.2, 0.25) is 0 Å². The number of aromatic nitrogens is 2. The van der Waals surface area contributed by atoms with Crippen LogP contribution in [0, 0.1) is 0 Å². The van der Waals surface area contributed by atoms with Crippen LogP contribution in [0.3, 0.4) is 0 Å². The number of nitrogens with one attached hydrogen (secondary N) is 1. The SMILES string of the molecule is CCCc1ccc(C(C)Nc2cnns2)cc1. The fraction of sp³-hybridized carbons (Fsp3) is 0.385. The molecule has 0 bridgehead atoms. The average molecular weight is 247 g/mol. The Kier molecular flexibility index (Phi) is 4.09. The molecule has 90 valence electrons. The first kappa shape index (κ1) is 12.0. The molecule has 0 aliphatic carbocycles. The normalized spacial score (nSPS) is 12.4. The molecular weight excluding hydrogens is 230 g/mol. The third-order valence-electron chi connectivity index (χ3n) is 2.74. The summed E-state index contributed by atoms with van der Waals surface area (Å²) in [6, 6.07) is 9.09. The maximum atomic E-state index is 3.84. The first-order valence-corrected chi connectivity index (χ1v) is 6.69. The number of nitrogens with zero attached hydrogens (tertiary/aromatic N) is 2. The van der Waals surface area contributed by atoms with Crippen LogP contribution in [0.25, 0.3) is 0 Å². The van der Waals surface area contributed by atoms with Crippen LogP contribution in [-0.2, 0) is 6.42 Å². The molecule has 1 aromatic carbocycles. The standard InChI is InChI=1S/C13H17N3S/c1-3-4-11-5-7-12(8-6-11)10(2)15-13-9-14-16-17-13/h5-10,15H,3-4H2,1-2H3. The summed E-state index contributed by atoms with van der Waals surface area (Å²) in [7, 11) is 0. The van der Waals surface area contributed by atoms with E-state index in [1.165, 1.54) is 29.1 Å². The van der Waals surface area contributed by atoms with E-state index in [9.17, 15) is 0 Å². The molecule has 1 unspecified atom stereocenters. The number of aryl methyl sites for hydroxylation is 1. The van der Waals surface area contributed by atoms with Gasteiger partial charge in [0.05, 0.1) is 6.20 Å². The van der Waals surface area contributed by atoms with E-state index in [0.717, 1.165) is 11.4 Å². The van der Waals surface area contributed by atoms with Gasteiger partial charge >= 0.3 is 0 Å². The molecule has 1 heterocycles. The lowest BCUT2D eigenvalue weighted by Crippen LogP contribution is -2.05. The van der Waals surface area contributed by atoms with E-state index >= 15 is 0 Å². The highest BCUT2D eigenvalue weighted by molar-refractivity contribution is 7.09. The largest absolute Gasteiger partial charge is 0.368 e. The van der Waals surface area contributed by atoms with Gasteiger partial charge in [-0.15, -0.1) is 5.10 Å². The average Bonchev–Trinajstić information content (AvgIpc) is 2.83. The molecule has 3 nitrogen and oxygen atoms in total. The number of benzene rings is 1. The minimum atomic E-state index is 0.285. The molecule has 1 aromatic heterocycles. The van der Waals surface area contributed by atoms with E-state index in [0.29, 0.717) is 0 Å². The van der Waals surface area contributed by atoms with E-state index in [1.54, 1.807) is 6.20 Å². The Morgan fingerprint density at radius 3 is 2.65 bits per heavy atom. The molecule has 0 saturated carbocycles. The molecule has 0 spiro atoms. The Labute approximate surface area is 106 Å². The van der Waals surface area contributed by atoms with Crippen LogP contribution in [0.4, 0.5) is 5.00 Å². The first-order valence-electron chi connectivity index (χ1n) is 5.92. The van der Waals surface area contributed by atoms with Gasteiger partial charge in [0, 0.05) is 17.6 Å². The molecule has 0 aliphatic rings. The lowest BCUT2D eigenvalue weighted by atomic mass is 10.0. The zero-order chi connectivity index (χ0) is 12.1. The second-order valence-corrected chi connectivity index (χ2v) is 4.93. The Hall–Kier alpha value is -1.42. The van der Waals surface area contributed by atoms with Crippen LogP contribution >= 0.6 is 11.5 Å². The number of anilines is 1. The highest BCUT2D eigenvalue weighted by Crippen LogP contribution is 2.21. The van der Waals surface area contributed by atoms with Gasteiger partial charge in [0.25, 0.3) is 0 Å². The Bertz CT molecular complexity index is 436. The topological polar surface area (TPSA) is 37.8 Å². The molecule has 0 amide bonds. The van der Waals surface area contributed by atoms with Crippen molar-refractivity contribution in [2.45, 2.75) is 32.7 Å². The summed E-state index contributed by atoms with van der Waals surface area (Å²) < 4.78 is 3.84. The summed E-state index contributed by atoms with van der Waals surface area (Å²) in [5.74, 6) is 0. The maximum Gasteiger partial charge on any atom is 0.130 e. The Morgan fingerprint density at radius 2 is 2.06 bits per heavy atom. The van der Waals surface area contributed by atoms with Crippen molar-refractivity contribution in [3.8, 4) is 0 Å². The third kappa shape index (κ3) is 3.27. The van der Waals surface area contributed by atoms with Crippen molar-refractivity contribution in [3.05, 3.63) is 41.6 Å². The van der Waals surface area contributed by atoms with Crippen LogP contribution in [0.1, 0.15) is 37.4 Å². The van der Waals surface area contributed by atoms with Gasteiger partial charge < -0.3 is 5.32 Å². The van der Waals surface area contributed by atoms with Gasteiger partial charge in [-0.05, 0) is 24.5 Å². The highest BCUT2D eigenvalue weighted by atomic mass is 32.1. The lowest BCUT2D eigenvalue weighted by Gasteiger charge is -2.13. The van der Waals surface area contributed by atoms with Crippen molar-refractivity contribution in [1.82, 2.24) is 9.59 Å². The second-order valence-electron chi connectivity index (χ2n) is 4.14. The van der Waals surface area contributed by atoms with E-state index < -0.39 is 0 Å². The second kappa shape index (κ2) is 5.77.